The van der Waals surface area contributed by atoms with Crippen LogP contribution in [0.4, 0.5) is 5.69 Å². The summed E-state index contributed by atoms with van der Waals surface area (Å²) in [5.74, 6) is 0. The lowest BCUT2D eigenvalue weighted by atomic mass is 10.1. The number of nitrogens with zero attached hydrogens (tertiary/aromatic N) is 3. The van der Waals surface area contributed by atoms with E-state index in [1.165, 1.54) is 12.3 Å². The number of aryl methyl sites for hydroxylation is 1. The Labute approximate surface area is 147 Å². The summed E-state index contributed by atoms with van der Waals surface area (Å²) in [5.41, 5.74) is 1.46. The van der Waals surface area contributed by atoms with Gasteiger partial charge in [-0.1, -0.05) is 31.2 Å². The highest BCUT2D eigenvalue weighted by atomic mass is 32.1. The SMILES string of the molecule is CCc1ccc(/C=N\n2c(=S)[nH]c3ccccc3c2=O)cc1[N+](=O)[O-]. The van der Waals surface area contributed by atoms with Crippen LogP contribution in [0.5, 0.6) is 0 Å². The molecule has 3 aromatic rings. The summed E-state index contributed by atoms with van der Waals surface area (Å²) in [4.78, 5) is 26.2. The molecule has 25 heavy (non-hydrogen) atoms. The molecule has 0 radical (unpaired) electrons. The average Bonchev–Trinajstić information content (AvgIpc) is 2.61. The Bertz CT molecular complexity index is 1110. The number of rotatable bonds is 4. The van der Waals surface area contributed by atoms with Crippen LogP contribution in [0, 0.1) is 14.9 Å². The van der Waals surface area contributed by atoms with Crippen molar-refractivity contribution in [2.75, 3.05) is 0 Å². The Morgan fingerprint density at radius 1 is 1.32 bits per heavy atom. The van der Waals surface area contributed by atoms with E-state index in [0.717, 1.165) is 4.68 Å². The van der Waals surface area contributed by atoms with Gasteiger partial charge in [0.15, 0.2) is 0 Å². The molecule has 7 nitrogen and oxygen atoms in total. The number of hydrogen-bond donors (Lipinski definition) is 1. The van der Waals surface area contributed by atoms with E-state index in [0.29, 0.717) is 28.5 Å². The van der Waals surface area contributed by atoms with Crippen LogP contribution >= 0.6 is 12.2 Å². The van der Waals surface area contributed by atoms with Gasteiger partial charge in [0.05, 0.1) is 22.0 Å². The predicted molar refractivity (Wildman–Crippen MR) is 98.9 cm³/mol. The zero-order valence-corrected chi connectivity index (χ0v) is 14.1. The number of nitro benzene ring substituents is 1. The largest absolute Gasteiger partial charge is 0.330 e. The van der Waals surface area contributed by atoms with Crippen LogP contribution < -0.4 is 5.56 Å². The second-order valence-electron chi connectivity index (χ2n) is 5.34. The van der Waals surface area contributed by atoms with Gasteiger partial charge < -0.3 is 4.98 Å². The zero-order chi connectivity index (χ0) is 18.0. The second-order valence-corrected chi connectivity index (χ2v) is 5.72. The highest BCUT2D eigenvalue weighted by Crippen LogP contribution is 2.20. The third-order valence-electron chi connectivity index (χ3n) is 3.79. The van der Waals surface area contributed by atoms with Gasteiger partial charge in [-0.25, -0.2) is 0 Å². The van der Waals surface area contributed by atoms with Crippen molar-refractivity contribution in [3.8, 4) is 0 Å². The lowest BCUT2D eigenvalue weighted by Gasteiger charge is -2.03. The van der Waals surface area contributed by atoms with Gasteiger partial charge in [0.1, 0.15) is 0 Å². The molecule has 0 saturated heterocycles. The Balaban J connectivity index is 2.07. The number of fused-ring (bicyclic) bond motifs is 1. The van der Waals surface area contributed by atoms with E-state index in [1.807, 2.05) is 6.92 Å². The summed E-state index contributed by atoms with van der Waals surface area (Å²) in [5, 5.41) is 15.7. The number of para-hydroxylation sites is 1. The van der Waals surface area contributed by atoms with Crippen LogP contribution in [0.25, 0.3) is 10.9 Å². The van der Waals surface area contributed by atoms with E-state index >= 15 is 0 Å². The van der Waals surface area contributed by atoms with Crippen molar-refractivity contribution in [3.05, 3.63) is 78.8 Å². The molecule has 2 aromatic carbocycles. The molecule has 0 fully saturated rings. The second kappa shape index (κ2) is 6.78. The Morgan fingerprint density at radius 2 is 2.08 bits per heavy atom. The summed E-state index contributed by atoms with van der Waals surface area (Å²) in [6.45, 7) is 1.85. The first-order valence-electron chi connectivity index (χ1n) is 7.57. The van der Waals surface area contributed by atoms with E-state index < -0.39 is 4.92 Å². The molecule has 0 aliphatic rings. The molecule has 0 aliphatic carbocycles. The number of aromatic nitrogens is 2. The lowest BCUT2D eigenvalue weighted by molar-refractivity contribution is -0.385. The van der Waals surface area contributed by atoms with Crippen molar-refractivity contribution in [2.24, 2.45) is 5.10 Å². The van der Waals surface area contributed by atoms with Crippen LogP contribution in [0.3, 0.4) is 0 Å². The van der Waals surface area contributed by atoms with Crippen molar-refractivity contribution in [2.45, 2.75) is 13.3 Å². The molecule has 1 heterocycles. The first kappa shape index (κ1) is 16.7. The van der Waals surface area contributed by atoms with Gasteiger partial charge in [0, 0.05) is 17.2 Å². The van der Waals surface area contributed by atoms with E-state index in [2.05, 4.69) is 10.1 Å². The van der Waals surface area contributed by atoms with Crippen molar-refractivity contribution in [3.63, 3.8) is 0 Å². The molecule has 0 aliphatic heterocycles. The number of aromatic amines is 1. The molecule has 1 aromatic heterocycles. The Morgan fingerprint density at radius 3 is 2.80 bits per heavy atom. The Hall–Kier alpha value is -3.13. The van der Waals surface area contributed by atoms with Gasteiger partial charge in [-0.3, -0.25) is 14.9 Å². The number of nitrogens with one attached hydrogen (secondary N) is 1. The van der Waals surface area contributed by atoms with Crippen molar-refractivity contribution in [1.82, 2.24) is 9.66 Å². The van der Waals surface area contributed by atoms with Crippen molar-refractivity contribution < 1.29 is 4.92 Å². The normalized spacial score (nSPS) is 11.2. The molecular weight excluding hydrogens is 340 g/mol. The molecular formula is C17H14N4O3S. The minimum absolute atomic E-state index is 0.0301. The van der Waals surface area contributed by atoms with E-state index in [9.17, 15) is 14.9 Å². The summed E-state index contributed by atoms with van der Waals surface area (Å²) >= 11 is 5.17. The van der Waals surface area contributed by atoms with Gasteiger partial charge in [-0.05, 0) is 30.8 Å². The van der Waals surface area contributed by atoms with E-state index in [-0.39, 0.29) is 16.0 Å². The standard InChI is InChI=1S/C17H14N4O3S/c1-2-12-8-7-11(9-15(12)21(23)24)10-18-20-16(22)13-5-3-4-6-14(13)19-17(20)25/h3-10H,2H2,1H3,(H,19,25)/b18-10-. The number of nitro groups is 1. The van der Waals surface area contributed by atoms with Crippen LogP contribution in [-0.4, -0.2) is 20.8 Å². The van der Waals surface area contributed by atoms with Crippen LogP contribution in [-0.2, 0) is 6.42 Å². The maximum Gasteiger partial charge on any atom is 0.282 e. The molecule has 126 valence electrons. The van der Waals surface area contributed by atoms with Gasteiger partial charge >= 0.3 is 0 Å². The minimum atomic E-state index is -0.426. The third kappa shape index (κ3) is 3.24. The fourth-order valence-electron chi connectivity index (χ4n) is 2.51. The lowest BCUT2D eigenvalue weighted by Crippen LogP contribution is -2.18. The number of hydrogen-bond acceptors (Lipinski definition) is 5. The highest BCUT2D eigenvalue weighted by molar-refractivity contribution is 7.71. The third-order valence-corrected chi connectivity index (χ3v) is 4.07. The van der Waals surface area contributed by atoms with Crippen LogP contribution in [0.15, 0.2) is 52.4 Å². The van der Waals surface area contributed by atoms with E-state index in [4.69, 9.17) is 12.2 Å². The summed E-state index contributed by atoms with van der Waals surface area (Å²) in [6, 6.07) is 11.8. The highest BCUT2D eigenvalue weighted by Gasteiger charge is 2.12. The topological polar surface area (TPSA) is 93.3 Å². The van der Waals surface area contributed by atoms with Gasteiger partial charge in [0.25, 0.3) is 11.2 Å². The zero-order valence-electron chi connectivity index (χ0n) is 13.3. The Kier molecular flexibility index (Phi) is 4.53. The average molecular weight is 354 g/mol. The quantitative estimate of drug-likeness (QED) is 0.336. The van der Waals surface area contributed by atoms with Crippen LogP contribution in [0.1, 0.15) is 18.1 Å². The molecule has 0 bridgehead atoms. The molecule has 0 spiro atoms. The molecule has 3 rings (SSSR count). The summed E-state index contributed by atoms with van der Waals surface area (Å²) in [6.07, 6.45) is 1.94. The first-order valence-corrected chi connectivity index (χ1v) is 7.98. The number of H-pyrrole nitrogens is 1. The van der Waals surface area contributed by atoms with Crippen LogP contribution in [0.2, 0.25) is 0 Å². The first-order chi connectivity index (χ1) is 12.0. The smallest absolute Gasteiger partial charge is 0.282 e. The molecule has 8 heteroatoms. The number of benzene rings is 2. The fraction of sp³-hybridized carbons (Fsp3) is 0.118. The summed E-state index contributed by atoms with van der Waals surface area (Å²) < 4.78 is 1.22. The minimum Gasteiger partial charge on any atom is -0.330 e. The van der Waals surface area contributed by atoms with Gasteiger partial charge in [0.2, 0.25) is 4.77 Å². The molecule has 0 atom stereocenters. The predicted octanol–water partition coefficient (Wildman–Crippen LogP) is 3.41. The molecule has 0 saturated carbocycles. The maximum atomic E-state index is 12.5. The molecule has 0 unspecified atom stereocenters. The molecule has 0 amide bonds. The fourth-order valence-corrected chi connectivity index (χ4v) is 2.75. The van der Waals surface area contributed by atoms with Gasteiger partial charge in [-0.2, -0.15) is 9.78 Å². The van der Waals surface area contributed by atoms with Crippen molar-refractivity contribution >= 4 is 35.0 Å². The monoisotopic (exact) mass is 354 g/mol. The maximum absolute atomic E-state index is 12.5. The van der Waals surface area contributed by atoms with Crippen molar-refractivity contribution in [1.29, 1.82) is 0 Å². The molecule has 1 N–H and O–H groups in total. The van der Waals surface area contributed by atoms with E-state index in [1.54, 1.807) is 36.4 Å². The van der Waals surface area contributed by atoms with Gasteiger partial charge in [-0.15, -0.1) is 0 Å². The summed E-state index contributed by atoms with van der Waals surface area (Å²) in [7, 11) is 0.